The van der Waals surface area contributed by atoms with Crippen molar-refractivity contribution < 1.29 is 4.74 Å². The molecule has 0 spiro atoms. The van der Waals surface area contributed by atoms with Crippen molar-refractivity contribution in [2.45, 2.75) is 19.8 Å². The maximum atomic E-state index is 5.24. The Hall–Kier alpha value is -1.94. The Morgan fingerprint density at radius 3 is 2.80 bits per heavy atom. The van der Waals surface area contributed by atoms with Gasteiger partial charge in [-0.3, -0.25) is 0 Å². The molecule has 0 amide bonds. The molecule has 1 aromatic carbocycles. The standard InChI is InChI=1S/C16H15N2OS/c1-10(2)15-9-20-16(18-15)13-7-5-11-4-6-12(19-3)8-14(11)17-13/h4,6-10H,1-3H3. The van der Waals surface area contributed by atoms with Crippen LogP contribution in [-0.2, 0) is 0 Å². The smallest absolute Gasteiger partial charge is 0.142 e. The number of benzene rings is 1. The molecule has 0 aliphatic heterocycles. The van der Waals surface area contributed by atoms with E-state index in [1.165, 1.54) is 0 Å². The predicted molar refractivity (Wildman–Crippen MR) is 82.3 cm³/mol. The summed E-state index contributed by atoms with van der Waals surface area (Å²) in [7, 11) is 1.66. The second-order valence-corrected chi connectivity index (χ2v) is 5.76. The Labute approximate surface area is 122 Å². The average Bonchev–Trinajstić information content (AvgIpc) is 2.96. The topological polar surface area (TPSA) is 35.0 Å². The first-order valence-corrected chi connectivity index (χ1v) is 7.37. The van der Waals surface area contributed by atoms with E-state index in [1.807, 2.05) is 24.3 Å². The molecular weight excluding hydrogens is 268 g/mol. The number of fused-ring (bicyclic) bond motifs is 1. The Morgan fingerprint density at radius 1 is 1.25 bits per heavy atom. The zero-order valence-corrected chi connectivity index (χ0v) is 12.5. The fourth-order valence-corrected chi connectivity index (χ4v) is 2.88. The molecule has 0 saturated heterocycles. The lowest BCUT2D eigenvalue weighted by Crippen LogP contribution is -1.89. The summed E-state index contributed by atoms with van der Waals surface area (Å²) in [5.41, 5.74) is 2.85. The molecule has 0 atom stereocenters. The van der Waals surface area contributed by atoms with E-state index in [0.29, 0.717) is 5.92 Å². The molecule has 2 heterocycles. The van der Waals surface area contributed by atoms with Crippen molar-refractivity contribution >= 4 is 22.2 Å². The second kappa shape index (κ2) is 5.21. The van der Waals surface area contributed by atoms with Crippen LogP contribution in [0.2, 0.25) is 0 Å². The number of methoxy groups -OCH3 is 1. The molecule has 0 N–H and O–H groups in total. The van der Waals surface area contributed by atoms with Crippen molar-refractivity contribution in [2.75, 3.05) is 7.11 Å². The molecule has 3 nitrogen and oxygen atoms in total. The summed E-state index contributed by atoms with van der Waals surface area (Å²) in [6, 6.07) is 11.0. The lowest BCUT2D eigenvalue weighted by atomic mass is 10.1. The van der Waals surface area contributed by atoms with Crippen LogP contribution in [0.3, 0.4) is 0 Å². The van der Waals surface area contributed by atoms with Crippen molar-refractivity contribution in [1.29, 1.82) is 0 Å². The summed E-state index contributed by atoms with van der Waals surface area (Å²) in [6.45, 7) is 4.29. The van der Waals surface area contributed by atoms with Gasteiger partial charge in [0.2, 0.25) is 0 Å². The minimum atomic E-state index is 0.435. The summed E-state index contributed by atoms with van der Waals surface area (Å²) in [6.07, 6.45) is 0. The van der Waals surface area contributed by atoms with Crippen molar-refractivity contribution in [2.24, 2.45) is 0 Å². The third-order valence-electron chi connectivity index (χ3n) is 3.14. The molecule has 0 aliphatic carbocycles. The summed E-state index contributed by atoms with van der Waals surface area (Å²) in [5, 5.41) is 4.02. The minimum absolute atomic E-state index is 0.435. The van der Waals surface area contributed by atoms with Crippen molar-refractivity contribution in [1.82, 2.24) is 9.97 Å². The number of hydrogen-bond acceptors (Lipinski definition) is 4. The molecule has 20 heavy (non-hydrogen) atoms. The van der Waals surface area contributed by atoms with Crippen LogP contribution in [0.1, 0.15) is 25.5 Å². The lowest BCUT2D eigenvalue weighted by molar-refractivity contribution is 0.415. The molecule has 3 aromatic rings. The Bertz CT molecular complexity index is 749. The van der Waals surface area contributed by atoms with E-state index in [0.717, 1.165) is 33.0 Å². The maximum absolute atomic E-state index is 5.24. The van der Waals surface area contributed by atoms with Gasteiger partial charge in [0.25, 0.3) is 0 Å². The highest BCUT2D eigenvalue weighted by Gasteiger charge is 2.09. The molecule has 0 saturated carbocycles. The molecule has 2 aromatic heterocycles. The molecule has 101 valence electrons. The number of nitrogens with zero attached hydrogens (tertiary/aromatic N) is 2. The molecule has 0 fully saturated rings. The Morgan fingerprint density at radius 2 is 2.10 bits per heavy atom. The van der Waals surface area contributed by atoms with Crippen LogP contribution in [0.5, 0.6) is 5.75 Å². The van der Waals surface area contributed by atoms with Crippen LogP contribution >= 0.6 is 11.3 Å². The second-order valence-electron chi connectivity index (χ2n) is 4.90. The quantitative estimate of drug-likeness (QED) is 0.719. The number of ether oxygens (including phenoxy) is 1. The Balaban J connectivity index is 2.06. The van der Waals surface area contributed by atoms with Gasteiger partial charge in [-0.05, 0) is 30.2 Å². The Kier molecular flexibility index (Phi) is 3.40. The largest absolute Gasteiger partial charge is 0.497 e. The van der Waals surface area contributed by atoms with Gasteiger partial charge in [0.1, 0.15) is 16.5 Å². The molecule has 0 bridgehead atoms. The van der Waals surface area contributed by atoms with Crippen LogP contribution in [0.4, 0.5) is 0 Å². The predicted octanol–water partition coefficient (Wildman–Crippen LogP) is 4.29. The number of rotatable bonds is 3. The van der Waals surface area contributed by atoms with E-state index in [2.05, 4.69) is 35.3 Å². The van der Waals surface area contributed by atoms with E-state index < -0.39 is 0 Å². The normalized spacial score (nSPS) is 11.2. The fourth-order valence-electron chi connectivity index (χ4n) is 1.94. The van der Waals surface area contributed by atoms with Gasteiger partial charge in [0.15, 0.2) is 0 Å². The third kappa shape index (κ3) is 2.39. The van der Waals surface area contributed by atoms with E-state index in [9.17, 15) is 0 Å². The fraction of sp³-hybridized carbons (Fsp3) is 0.250. The van der Waals surface area contributed by atoms with Crippen LogP contribution in [-0.4, -0.2) is 17.1 Å². The van der Waals surface area contributed by atoms with Crippen molar-refractivity contribution in [3.05, 3.63) is 41.4 Å². The number of pyridine rings is 1. The monoisotopic (exact) mass is 283 g/mol. The van der Waals surface area contributed by atoms with Crippen LogP contribution in [0, 0.1) is 6.07 Å². The van der Waals surface area contributed by atoms with Gasteiger partial charge in [-0.25, -0.2) is 9.97 Å². The summed E-state index contributed by atoms with van der Waals surface area (Å²) < 4.78 is 5.24. The summed E-state index contributed by atoms with van der Waals surface area (Å²) in [5.74, 6) is 1.24. The highest BCUT2D eigenvalue weighted by Crippen LogP contribution is 2.27. The van der Waals surface area contributed by atoms with Gasteiger partial charge < -0.3 is 4.74 Å². The first-order valence-electron chi connectivity index (χ1n) is 6.49. The molecular formula is C16H15N2OS. The first-order chi connectivity index (χ1) is 9.67. The first kappa shape index (κ1) is 13.1. The highest BCUT2D eigenvalue weighted by atomic mass is 32.1. The van der Waals surface area contributed by atoms with Crippen molar-refractivity contribution in [3.63, 3.8) is 0 Å². The van der Waals surface area contributed by atoms with Crippen LogP contribution in [0.15, 0.2) is 29.6 Å². The molecule has 0 aliphatic rings. The van der Waals surface area contributed by atoms with Crippen LogP contribution < -0.4 is 4.74 Å². The van der Waals surface area contributed by atoms with Gasteiger partial charge in [-0.1, -0.05) is 13.8 Å². The van der Waals surface area contributed by atoms with Gasteiger partial charge >= 0.3 is 0 Å². The highest BCUT2D eigenvalue weighted by molar-refractivity contribution is 7.13. The average molecular weight is 283 g/mol. The van der Waals surface area contributed by atoms with E-state index in [1.54, 1.807) is 18.4 Å². The number of thiazole rings is 1. The number of hydrogen-bond donors (Lipinski definition) is 0. The SMILES string of the molecule is COc1ccc2[c]cc(-c3nc(C(C)C)cs3)nc2c1. The third-order valence-corrected chi connectivity index (χ3v) is 4.03. The zero-order chi connectivity index (χ0) is 14.1. The molecule has 0 unspecified atom stereocenters. The van der Waals surface area contributed by atoms with Gasteiger partial charge in [0.05, 0.1) is 18.3 Å². The van der Waals surface area contributed by atoms with E-state index in [4.69, 9.17) is 4.74 Å². The lowest BCUT2D eigenvalue weighted by Gasteiger charge is -2.03. The molecule has 3 rings (SSSR count). The summed E-state index contributed by atoms with van der Waals surface area (Å²) in [4.78, 5) is 9.30. The minimum Gasteiger partial charge on any atom is -0.497 e. The van der Waals surface area contributed by atoms with Gasteiger partial charge in [0, 0.05) is 16.8 Å². The zero-order valence-electron chi connectivity index (χ0n) is 11.7. The van der Waals surface area contributed by atoms with E-state index >= 15 is 0 Å². The van der Waals surface area contributed by atoms with Gasteiger partial charge in [-0.2, -0.15) is 0 Å². The molecule has 1 radical (unpaired) electrons. The van der Waals surface area contributed by atoms with Gasteiger partial charge in [-0.15, -0.1) is 11.3 Å². The van der Waals surface area contributed by atoms with Crippen molar-refractivity contribution in [3.8, 4) is 16.5 Å². The maximum Gasteiger partial charge on any atom is 0.142 e. The van der Waals surface area contributed by atoms with E-state index in [-0.39, 0.29) is 0 Å². The number of aromatic nitrogens is 2. The van der Waals surface area contributed by atoms with Crippen LogP contribution in [0.25, 0.3) is 21.6 Å². The molecule has 4 heteroatoms. The summed E-state index contributed by atoms with van der Waals surface area (Å²) >= 11 is 1.62.